The summed E-state index contributed by atoms with van der Waals surface area (Å²) in [6.07, 6.45) is 5.59. The number of carboxylic acid groups (broad SMARTS) is 1. The zero-order valence-electron chi connectivity index (χ0n) is 14.6. The first-order valence-electron chi connectivity index (χ1n) is 8.90. The summed E-state index contributed by atoms with van der Waals surface area (Å²) in [5.41, 5.74) is 6.34. The molecule has 0 aromatic heterocycles. The second-order valence-corrected chi connectivity index (χ2v) is 6.69. The van der Waals surface area contributed by atoms with Crippen LogP contribution in [0.25, 0.3) is 0 Å². The zero-order chi connectivity index (χ0) is 17.8. The van der Waals surface area contributed by atoms with Crippen LogP contribution in [0.5, 0.6) is 0 Å². The van der Waals surface area contributed by atoms with Gasteiger partial charge in [-0.2, -0.15) is 0 Å². The number of benzene rings is 1. The SMILES string of the molecule is COC[C@@H](OCCC(=O)Nc1c2c(cc3c1CCC3)CCC2)C(=O)O. The predicted octanol–water partition coefficient (Wildman–Crippen LogP) is 2.11. The number of fused-ring (bicyclic) bond motifs is 2. The largest absolute Gasteiger partial charge is 0.479 e. The Morgan fingerprint density at radius 3 is 2.36 bits per heavy atom. The van der Waals surface area contributed by atoms with E-state index in [0.29, 0.717) is 0 Å². The molecule has 2 aliphatic rings. The van der Waals surface area contributed by atoms with Crippen molar-refractivity contribution in [2.75, 3.05) is 25.6 Å². The summed E-state index contributed by atoms with van der Waals surface area (Å²) < 4.78 is 10.1. The van der Waals surface area contributed by atoms with E-state index in [4.69, 9.17) is 14.6 Å². The van der Waals surface area contributed by atoms with E-state index < -0.39 is 12.1 Å². The van der Waals surface area contributed by atoms with Crippen molar-refractivity contribution >= 4 is 17.6 Å². The molecule has 2 N–H and O–H groups in total. The lowest BCUT2D eigenvalue weighted by atomic mass is 9.98. The fraction of sp³-hybridized carbons (Fsp3) is 0.579. The highest BCUT2D eigenvalue weighted by Crippen LogP contribution is 2.38. The Balaban J connectivity index is 1.61. The maximum atomic E-state index is 12.4. The average Bonchev–Trinajstić information content (AvgIpc) is 3.22. The van der Waals surface area contributed by atoms with Crippen molar-refractivity contribution in [2.24, 2.45) is 0 Å². The minimum Gasteiger partial charge on any atom is -0.479 e. The third kappa shape index (κ3) is 4.02. The Hall–Kier alpha value is -1.92. The summed E-state index contributed by atoms with van der Waals surface area (Å²) in [5, 5.41) is 12.1. The predicted molar refractivity (Wildman–Crippen MR) is 93.0 cm³/mol. The van der Waals surface area contributed by atoms with Gasteiger partial charge in [-0.05, 0) is 60.8 Å². The van der Waals surface area contributed by atoms with Crippen molar-refractivity contribution in [1.82, 2.24) is 0 Å². The second kappa shape index (κ2) is 7.97. The number of amides is 1. The van der Waals surface area contributed by atoms with E-state index in [1.807, 2.05) is 0 Å². The molecule has 0 bridgehead atoms. The molecular weight excluding hydrogens is 322 g/mol. The maximum Gasteiger partial charge on any atom is 0.335 e. The van der Waals surface area contributed by atoms with Crippen LogP contribution in [0.15, 0.2) is 6.07 Å². The number of carbonyl (C=O) groups is 2. The highest BCUT2D eigenvalue weighted by molar-refractivity contribution is 5.93. The van der Waals surface area contributed by atoms with Crippen LogP contribution in [-0.4, -0.2) is 43.4 Å². The minimum absolute atomic E-state index is 0.0311. The van der Waals surface area contributed by atoms with Crippen molar-refractivity contribution in [3.05, 3.63) is 28.3 Å². The van der Waals surface area contributed by atoms with Crippen LogP contribution in [0.2, 0.25) is 0 Å². The standard InChI is InChI=1S/C19H25NO5/c1-24-11-16(19(22)23)25-9-8-17(21)20-18-14-6-2-4-12(14)10-13-5-3-7-15(13)18/h10,16H,2-9,11H2,1H3,(H,20,21)(H,22,23)/t16-/m1/s1. The van der Waals surface area contributed by atoms with Crippen LogP contribution < -0.4 is 5.32 Å². The van der Waals surface area contributed by atoms with Gasteiger partial charge < -0.3 is 19.9 Å². The number of anilines is 1. The molecule has 136 valence electrons. The lowest BCUT2D eigenvalue weighted by Gasteiger charge is -2.17. The van der Waals surface area contributed by atoms with Gasteiger partial charge >= 0.3 is 5.97 Å². The highest BCUT2D eigenvalue weighted by Gasteiger charge is 2.25. The number of rotatable bonds is 8. The van der Waals surface area contributed by atoms with Crippen molar-refractivity contribution < 1.29 is 24.2 Å². The van der Waals surface area contributed by atoms with Crippen LogP contribution in [-0.2, 0) is 44.7 Å². The fourth-order valence-electron chi connectivity index (χ4n) is 3.81. The molecule has 0 radical (unpaired) electrons. The molecule has 1 aromatic carbocycles. The molecule has 0 fully saturated rings. The first kappa shape index (κ1) is 17.9. The molecule has 1 amide bonds. The summed E-state index contributed by atoms with van der Waals surface area (Å²) in [4.78, 5) is 23.4. The van der Waals surface area contributed by atoms with Gasteiger partial charge in [-0.25, -0.2) is 4.79 Å². The number of hydrogen-bond donors (Lipinski definition) is 2. The van der Waals surface area contributed by atoms with E-state index in [-0.39, 0.29) is 25.5 Å². The monoisotopic (exact) mass is 347 g/mol. The molecule has 25 heavy (non-hydrogen) atoms. The van der Waals surface area contributed by atoms with Crippen LogP contribution >= 0.6 is 0 Å². The number of carbonyl (C=O) groups excluding carboxylic acids is 1. The van der Waals surface area contributed by atoms with Gasteiger partial charge in [-0.15, -0.1) is 0 Å². The molecule has 0 aliphatic heterocycles. The molecule has 0 unspecified atom stereocenters. The lowest BCUT2D eigenvalue weighted by Crippen LogP contribution is -2.30. The molecule has 0 spiro atoms. The van der Waals surface area contributed by atoms with Gasteiger partial charge in [-0.3, -0.25) is 4.79 Å². The van der Waals surface area contributed by atoms with Gasteiger partial charge in [0.2, 0.25) is 5.91 Å². The lowest BCUT2D eigenvalue weighted by molar-refractivity contribution is -0.154. The number of aryl methyl sites for hydroxylation is 2. The van der Waals surface area contributed by atoms with E-state index in [1.54, 1.807) is 0 Å². The molecule has 3 rings (SSSR count). The summed E-state index contributed by atoms with van der Waals surface area (Å²) >= 11 is 0. The Morgan fingerprint density at radius 1 is 1.16 bits per heavy atom. The molecule has 0 heterocycles. The first-order valence-corrected chi connectivity index (χ1v) is 8.90. The zero-order valence-corrected chi connectivity index (χ0v) is 14.6. The van der Waals surface area contributed by atoms with Crippen molar-refractivity contribution in [1.29, 1.82) is 0 Å². The third-order valence-electron chi connectivity index (χ3n) is 4.98. The first-order chi connectivity index (χ1) is 12.1. The van der Waals surface area contributed by atoms with Gasteiger partial charge in [-0.1, -0.05) is 6.07 Å². The summed E-state index contributed by atoms with van der Waals surface area (Å²) in [6, 6.07) is 2.33. The summed E-state index contributed by atoms with van der Waals surface area (Å²) in [6.45, 7) is 0.0278. The van der Waals surface area contributed by atoms with Gasteiger partial charge in [0.15, 0.2) is 6.10 Å². The molecule has 0 saturated carbocycles. The van der Waals surface area contributed by atoms with Crippen molar-refractivity contribution in [3.63, 3.8) is 0 Å². The van der Waals surface area contributed by atoms with E-state index in [0.717, 1.165) is 44.2 Å². The van der Waals surface area contributed by atoms with Gasteiger partial charge in [0, 0.05) is 12.8 Å². The molecule has 6 nitrogen and oxygen atoms in total. The second-order valence-electron chi connectivity index (χ2n) is 6.69. The van der Waals surface area contributed by atoms with E-state index in [9.17, 15) is 9.59 Å². The molecule has 0 saturated heterocycles. The number of carboxylic acids is 1. The molecule has 1 atom stereocenters. The van der Waals surface area contributed by atoms with Crippen LogP contribution in [0.1, 0.15) is 41.5 Å². The number of aliphatic carboxylic acids is 1. The molecular formula is C19H25NO5. The minimum atomic E-state index is -1.08. The number of ether oxygens (including phenoxy) is 2. The van der Waals surface area contributed by atoms with E-state index in [2.05, 4.69) is 11.4 Å². The quantitative estimate of drug-likeness (QED) is 0.752. The Morgan fingerprint density at radius 2 is 1.80 bits per heavy atom. The van der Waals surface area contributed by atoms with E-state index >= 15 is 0 Å². The maximum absolute atomic E-state index is 12.4. The summed E-state index contributed by atoms with van der Waals surface area (Å²) in [7, 11) is 1.42. The third-order valence-corrected chi connectivity index (χ3v) is 4.98. The molecule has 6 heteroatoms. The van der Waals surface area contributed by atoms with Crippen molar-refractivity contribution in [3.8, 4) is 0 Å². The highest BCUT2D eigenvalue weighted by atomic mass is 16.5. The Bertz CT molecular complexity index is 638. The fourth-order valence-corrected chi connectivity index (χ4v) is 3.81. The smallest absolute Gasteiger partial charge is 0.335 e. The van der Waals surface area contributed by atoms with Crippen LogP contribution in [0, 0.1) is 0 Å². The van der Waals surface area contributed by atoms with Crippen LogP contribution in [0.3, 0.4) is 0 Å². The average molecular weight is 347 g/mol. The number of hydrogen-bond acceptors (Lipinski definition) is 4. The van der Waals surface area contributed by atoms with Gasteiger partial charge in [0.25, 0.3) is 0 Å². The Labute approximate surface area is 147 Å². The van der Waals surface area contributed by atoms with Gasteiger partial charge in [0.05, 0.1) is 19.6 Å². The normalized spacial score (nSPS) is 16.4. The van der Waals surface area contributed by atoms with Gasteiger partial charge in [0.1, 0.15) is 0 Å². The van der Waals surface area contributed by atoms with E-state index in [1.165, 1.54) is 29.4 Å². The van der Waals surface area contributed by atoms with Crippen LogP contribution in [0.4, 0.5) is 5.69 Å². The molecule has 2 aliphatic carbocycles. The molecule has 1 aromatic rings. The Kier molecular flexibility index (Phi) is 5.71. The number of nitrogens with one attached hydrogen (secondary N) is 1. The van der Waals surface area contributed by atoms with Crippen molar-refractivity contribution in [2.45, 2.75) is 51.0 Å². The summed E-state index contributed by atoms with van der Waals surface area (Å²) in [5.74, 6) is -1.21. The topological polar surface area (TPSA) is 84.9 Å². The number of methoxy groups -OCH3 is 1.